The Labute approximate surface area is 79.5 Å². The van der Waals surface area contributed by atoms with E-state index < -0.39 is 0 Å². The molecule has 0 aromatic rings. The highest BCUT2D eigenvalue weighted by Gasteiger charge is 2.37. The van der Waals surface area contributed by atoms with Crippen molar-refractivity contribution in [3.8, 4) is 0 Å². The zero-order valence-corrected chi connectivity index (χ0v) is 8.69. The van der Waals surface area contributed by atoms with Gasteiger partial charge in [-0.1, -0.05) is 27.2 Å². The first-order chi connectivity index (χ1) is 6.25. The predicted octanol–water partition coefficient (Wildman–Crippen LogP) is 3.75. The first-order valence-electron chi connectivity index (χ1n) is 5.09. The van der Waals surface area contributed by atoms with Crippen LogP contribution in [0.2, 0.25) is 0 Å². The third kappa shape index (κ3) is 2.11. The maximum atomic E-state index is 4.17. The zero-order valence-electron chi connectivity index (χ0n) is 8.69. The smallest absolute Gasteiger partial charge is 0.134 e. The van der Waals surface area contributed by atoms with Crippen LogP contribution in [0.5, 0.6) is 0 Å². The van der Waals surface area contributed by atoms with Gasteiger partial charge in [0.25, 0.3) is 0 Å². The van der Waals surface area contributed by atoms with Crippen LogP contribution in [0.25, 0.3) is 0 Å². The summed E-state index contributed by atoms with van der Waals surface area (Å²) in [5, 5.41) is 15.6. The molecule has 4 heteroatoms. The molecule has 0 fully saturated rings. The lowest BCUT2D eigenvalue weighted by Crippen LogP contribution is -2.30. The molecule has 1 aliphatic heterocycles. The van der Waals surface area contributed by atoms with E-state index in [9.17, 15) is 0 Å². The molecule has 1 rings (SSSR count). The van der Waals surface area contributed by atoms with E-state index in [1.165, 1.54) is 6.42 Å². The number of hydrogen-bond donors (Lipinski definition) is 0. The molecule has 74 valence electrons. The Morgan fingerprint density at radius 2 is 1.77 bits per heavy atom. The van der Waals surface area contributed by atoms with Gasteiger partial charge in [-0.05, 0) is 29.7 Å². The topological polar surface area (TPSA) is 49.4 Å². The monoisotopic (exact) mass is 182 g/mol. The number of hydrogen-bond acceptors (Lipinski definition) is 4. The fourth-order valence-corrected chi connectivity index (χ4v) is 1.52. The number of rotatable bonds is 5. The molecule has 0 bridgehead atoms. The maximum Gasteiger partial charge on any atom is 0.197 e. The third-order valence-electron chi connectivity index (χ3n) is 2.78. The normalized spacial score (nSPS) is 20.8. The van der Waals surface area contributed by atoms with Gasteiger partial charge in [0.15, 0.2) is 5.66 Å². The van der Waals surface area contributed by atoms with Crippen LogP contribution in [-0.4, -0.2) is 5.66 Å². The van der Waals surface area contributed by atoms with E-state index in [1.54, 1.807) is 0 Å². The predicted molar refractivity (Wildman–Crippen MR) is 51.4 cm³/mol. The lowest BCUT2D eigenvalue weighted by atomic mass is 9.89. The molecule has 0 saturated heterocycles. The summed E-state index contributed by atoms with van der Waals surface area (Å²) < 4.78 is 0. The van der Waals surface area contributed by atoms with E-state index in [1.807, 2.05) is 0 Å². The van der Waals surface area contributed by atoms with E-state index in [0.717, 1.165) is 19.3 Å². The molecule has 4 nitrogen and oxygen atoms in total. The quantitative estimate of drug-likeness (QED) is 0.621. The highest BCUT2D eigenvalue weighted by atomic mass is 15.6. The lowest BCUT2D eigenvalue weighted by molar-refractivity contribution is 0.266. The molecule has 0 aromatic carbocycles. The summed E-state index contributed by atoms with van der Waals surface area (Å²) in [6.07, 6.45) is 4.36. The Morgan fingerprint density at radius 3 is 2.23 bits per heavy atom. The standard InChI is InChI=1S/C9H18N4/c1-4-6-7-9(8(3)5-2)10-12-13-11-9/h8H,4-7H2,1-3H3. The van der Waals surface area contributed by atoms with Crippen molar-refractivity contribution in [2.45, 2.75) is 52.1 Å². The van der Waals surface area contributed by atoms with Crippen LogP contribution in [0, 0.1) is 5.92 Å². The van der Waals surface area contributed by atoms with Crippen molar-refractivity contribution in [2.75, 3.05) is 0 Å². The molecule has 13 heavy (non-hydrogen) atoms. The van der Waals surface area contributed by atoms with E-state index in [0.29, 0.717) is 5.92 Å². The van der Waals surface area contributed by atoms with Crippen LogP contribution in [0.4, 0.5) is 0 Å². The minimum atomic E-state index is -0.329. The summed E-state index contributed by atoms with van der Waals surface area (Å²) in [6.45, 7) is 6.49. The molecule has 0 aromatic heterocycles. The van der Waals surface area contributed by atoms with Gasteiger partial charge in [0, 0.05) is 5.92 Å². The largest absolute Gasteiger partial charge is 0.197 e. The average Bonchev–Trinajstić information content (AvgIpc) is 2.63. The van der Waals surface area contributed by atoms with Gasteiger partial charge in [0.1, 0.15) is 0 Å². The molecule has 1 unspecified atom stereocenters. The van der Waals surface area contributed by atoms with Gasteiger partial charge in [0.05, 0.1) is 0 Å². The molecule has 0 aliphatic carbocycles. The Hall–Kier alpha value is -0.800. The number of nitrogens with zero attached hydrogens (tertiary/aromatic N) is 4. The molecule has 0 N–H and O–H groups in total. The van der Waals surface area contributed by atoms with E-state index in [2.05, 4.69) is 41.4 Å². The van der Waals surface area contributed by atoms with Gasteiger partial charge >= 0.3 is 0 Å². The van der Waals surface area contributed by atoms with Gasteiger partial charge in [-0.2, -0.15) is 0 Å². The number of unbranched alkanes of at least 4 members (excludes halogenated alkanes) is 1. The van der Waals surface area contributed by atoms with E-state index in [4.69, 9.17) is 0 Å². The summed E-state index contributed by atoms with van der Waals surface area (Å²) in [7, 11) is 0. The second-order valence-electron chi connectivity index (χ2n) is 3.67. The summed E-state index contributed by atoms with van der Waals surface area (Å²) in [5.74, 6) is 0.439. The van der Waals surface area contributed by atoms with Crippen molar-refractivity contribution in [1.82, 2.24) is 0 Å². The molecule has 0 saturated carbocycles. The van der Waals surface area contributed by atoms with Crippen LogP contribution >= 0.6 is 0 Å². The van der Waals surface area contributed by atoms with Crippen molar-refractivity contribution in [3.63, 3.8) is 0 Å². The van der Waals surface area contributed by atoms with Crippen LogP contribution < -0.4 is 0 Å². The SMILES string of the molecule is CCCCC1(C(C)CC)N=NN=N1. The second-order valence-corrected chi connectivity index (χ2v) is 3.67. The Bertz CT molecular complexity index is 198. The van der Waals surface area contributed by atoms with Gasteiger partial charge in [0.2, 0.25) is 0 Å². The fraction of sp³-hybridized carbons (Fsp3) is 1.00. The molecule has 0 radical (unpaired) electrons. The third-order valence-corrected chi connectivity index (χ3v) is 2.78. The fourth-order valence-electron chi connectivity index (χ4n) is 1.52. The van der Waals surface area contributed by atoms with Crippen molar-refractivity contribution in [3.05, 3.63) is 0 Å². The highest BCUT2D eigenvalue weighted by molar-refractivity contribution is 4.89. The summed E-state index contributed by atoms with van der Waals surface area (Å²) >= 11 is 0. The first-order valence-corrected chi connectivity index (χ1v) is 5.09. The molecule has 0 spiro atoms. The maximum absolute atomic E-state index is 4.17. The highest BCUT2D eigenvalue weighted by Crippen LogP contribution is 2.35. The molecule has 0 amide bonds. The molecule has 1 heterocycles. The Kier molecular flexibility index (Phi) is 3.51. The minimum Gasteiger partial charge on any atom is -0.134 e. The van der Waals surface area contributed by atoms with Crippen LogP contribution in [0.1, 0.15) is 46.5 Å². The molecular formula is C9H18N4. The molecular weight excluding hydrogens is 164 g/mol. The van der Waals surface area contributed by atoms with Crippen molar-refractivity contribution < 1.29 is 0 Å². The van der Waals surface area contributed by atoms with E-state index in [-0.39, 0.29) is 5.66 Å². The van der Waals surface area contributed by atoms with Crippen LogP contribution in [0.15, 0.2) is 20.7 Å². The van der Waals surface area contributed by atoms with Gasteiger partial charge in [-0.15, -0.1) is 10.2 Å². The van der Waals surface area contributed by atoms with Crippen LogP contribution in [-0.2, 0) is 0 Å². The van der Waals surface area contributed by atoms with Gasteiger partial charge < -0.3 is 0 Å². The average molecular weight is 182 g/mol. The van der Waals surface area contributed by atoms with Gasteiger partial charge in [-0.3, -0.25) is 0 Å². The van der Waals surface area contributed by atoms with Gasteiger partial charge in [-0.25, -0.2) is 0 Å². The zero-order chi connectivity index (χ0) is 9.73. The van der Waals surface area contributed by atoms with E-state index >= 15 is 0 Å². The molecule has 1 atom stereocenters. The summed E-state index contributed by atoms with van der Waals surface area (Å²) in [5.41, 5.74) is -0.329. The van der Waals surface area contributed by atoms with Crippen molar-refractivity contribution in [1.29, 1.82) is 0 Å². The van der Waals surface area contributed by atoms with Crippen molar-refractivity contribution >= 4 is 0 Å². The second kappa shape index (κ2) is 4.44. The Morgan fingerprint density at radius 1 is 1.15 bits per heavy atom. The summed E-state index contributed by atoms with van der Waals surface area (Å²) in [4.78, 5) is 0. The Balaban J connectivity index is 2.64. The first kappa shape index (κ1) is 10.3. The summed E-state index contributed by atoms with van der Waals surface area (Å²) in [6, 6.07) is 0. The van der Waals surface area contributed by atoms with Crippen LogP contribution in [0.3, 0.4) is 0 Å². The van der Waals surface area contributed by atoms with Crippen molar-refractivity contribution in [2.24, 2.45) is 26.6 Å². The minimum absolute atomic E-state index is 0.329. The molecule has 1 aliphatic rings. The lowest BCUT2D eigenvalue weighted by Gasteiger charge is -2.25.